The fourth-order valence-corrected chi connectivity index (χ4v) is 7.65. The molecule has 2 aromatic carbocycles. The zero-order valence-corrected chi connectivity index (χ0v) is 28.3. The summed E-state index contributed by atoms with van der Waals surface area (Å²) in [6.07, 6.45) is 3.25. The van der Waals surface area contributed by atoms with Gasteiger partial charge in [-0.15, -0.1) is 0 Å². The molecule has 0 bridgehead atoms. The number of β-amino-alcohol motifs (C(OH)–C–C–N with tert-alkyl or cyclic N) is 1. The van der Waals surface area contributed by atoms with Gasteiger partial charge in [-0.05, 0) is 38.3 Å². The zero-order chi connectivity index (χ0) is 33.0. The normalized spacial score (nSPS) is 21.2. The average molecular weight is 675 g/mol. The molecule has 2 aliphatic heterocycles. The molecule has 9 nitrogen and oxygen atoms in total. The van der Waals surface area contributed by atoms with Crippen LogP contribution in [0.1, 0.15) is 43.1 Å². The van der Waals surface area contributed by atoms with Crippen LogP contribution in [0, 0.1) is 5.92 Å². The second-order valence-electron chi connectivity index (χ2n) is 12.7. The van der Waals surface area contributed by atoms with Crippen molar-refractivity contribution in [2.45, 2.75) is 51.4 Å². The molecule has 1 aliphatic carbocycles. The molecule has 2 saturated heterocycles. The van der Waals surface area contributed by atoms with Crippen molar-refractivity contribution >= 4 is 29.0 Å². The summed E-state index contributed by atoms with van der Waals surface area (Å²) >= 11 is 14.2. The Hall–Kier alpha value is -3.60. The molecule has 2 aromatic heterocycles. The summed E-state index contributed by atoms with van der Waals surface area (Å²) in [5.74, 6) is 1.39. The standard InChI is InChI=1S/C36H37Cl2N5O4/c1-19-31(45)18-42(19)17-29-35(46-3)41-28(14-39-29)26-10-6-8-24(34(26)38)23-7-5-9-25(33(23)37)27-13-21-11-12-30(32(21)36(40-27)47-4)43-15-22(16-43)20(2)44/h5-10,13-14,19,22,30-31,45H,11-12,15-18H2,1-4H3/t19-,30-,31+/m0/s1. The first-order valence-electron chi connectivity index (χ1n) is 15.9. The summed E-state index contributed by atoms with van der Waals surface area (Å²) in [5, 5.41) is 10.9. The highest BCUT2D eigenvalue weighted by atomic mass is 35.5. The van der Waals surface area contributed by atoms with Crippen molar-refractivity contribution < 1.29 is 19.4 Å². The highest BCUT2D eigenvalue weighted by molar-refractivity contribution is 6.39. The molecule has 4 aromatic rings. The second kappa shape index (κ2) is 12.8. The van der Waals surface area contributed by atoms with Gasteiger partial charge in [0.15, 0.2) is 0 Å². The molecular weight excluding hydrogens is 637 g/mol. The zero-order valence-electron chi connectivity index (χ0n) is 26.8. The van der Waals surface area contributed by atoms with Gasteiger partial charge in [0.25, 0.3) is 0 Å². The lowest BCUT2D eigenvalue weighted by atomic mass is 9.92. The Bertz CT molecular complexity index is 1860. The monoisotopic (exact) mass is 673 g/mol. The Morgan fingerprint density at radius 2 is 1.55 bits per heavy atom. The number of halogens is 2. The topological polar surface area (TPSA) is 101 Å². The van der Waals surface area contributed by atoms with Gasteiger partial charge in [-0.1, -0.05) is 59.6 Å². The van der Waals surface area contributed by atoms with Crippen molar-refractivity contribution in [2.24, 2.45) is 5.92 Å². The molecule has 1 N–H and O–H groups in total. The Labute approximate surface area is 284 Å². The van der Waals surface area contributed by atoms with Gasteiger partial charge in [-0.25, -0.2) is 9.97 Å². The number of carbonyl (C=O) groups excluding carboxylic acids is 1. The predicted octanol–water partition coefficient (Wildman–Crippen LogP) is 6.27. The highest BCUT2D eigenvalue weighted by Crippen LogP contribution is 2.47. The molecule has 3 aliphatic rings. The van der Waals surface area contributed by atoms with Gasteiger partial charge in [0, 0.05) is 72.0 Å². The van der Waals surface area contributed by atoms with Crippen LogP contribution in [-0.2, 0) is 17.8 Å². The van der Waals surface area contributed by atoms with E-state index in [1.165, 1.54) is 5.56 Å². The van der Waals surface area contributed by atoms with E-state index in [1.54, 1.807) is 27.3 Å². The van der Waals surface area contributed by atoms with E-state index < -0.39 is 0 Å². The minimum atomic E-state index is -0.328. The number of aromatic nitrogens is 3. The third-order valence-electron chi connectivity index (χ3n) is 10.0. The molecule has 244 valence electrons. The van der Waals surface area contributed by atoms with Crippen molar-refractivity contribution in [3.8, 4) is 45.4 Å². The minimum Gasteiger partial charge on any atom is -0.481 e. The molecule has 0 unspecified atom stereocenters. The van der Waals surface area contributed by atoms with Crippen molar-refractivity contribution in [3.63, 3.8) is 0 Å². The molecule has 0 radical (unpaired) electrons. The number of benzene rings is 2. The molecular formula is C36H37Cl2N5O4. The fourth-order valence-electron chi connectivity index (χ4n) is 7.00. The van der Waals surface area contributed by atoms with Crippen LogP contribution in [0.25, 0.3) is 33.6 Å². The van der Waals surface area contributed by atoms with Gasteiger partial charge < -0.3 is 14.6 Å². The number of rotatable bonds is 9. The van der Waals surface area contributed by atoms with E-state index in [4.69, 9.17) is 42.6 Å². The number of methoxy groups -OCH3 is 2. The van der Waals surface area contributed by atoms with Crippen molar-refractivity contribution in [3.05, 3.63) is 75.5 Å². The van der Waals surface area contributed by atoms with Crippen LogP contribution in [0.4, 0.5) is 0 Å². The fraction of sp³-hybridized carbons (Fsp3) is 0.389. The van der Waals surface area contributed by atoms with Crippen LogP contribution < -0.4 is 9.47 Å². The summed E-state index contributed by atoms with van der Waals surface area (Å²) in [7, 11) is 3.23. The largest absolute Gasteiger partial charge is 0.481 e. The van der Waals surface area contributed by atoms with Crippen LogP contribution in [0.5, 0.6) is 11.8 Å². The first-order valence-corrected chi connectivity index (χ1v) is 16.7. The first kappa shape index (κ1) is 32.0. The maximum absolute atomic E-state index is 11.8. The van der Waals surface area contributed by atoms with Crippen LogP contribution in [0.15, 0.2) is 48.7 Å². The van der Waals surface area contributed by atoms with Crippen molar-refractivity contribution in [1.82, 2.24) is 24.8 Å². The number of nitrogens with zero attached hydrogens (tertiary/aromatic N) is 5. The molecule has 2 fully saturated rings. The molecule has 0 saturated carbocycles. The maximum atomic E-state index is 11.8. The number of fused-ring (bicyclic) bond motifs is 1. The highest BCUT2D eigenvalue weighted by Gasteiger charge is 2.40. The Balaban J connectivity index is 1.19. The van der Waals surface area contributed by atoms with Crippen LogP contribution in [0.2, 0.25) is 10.0 Å². The van der Waals surface area contributed by atoms with Crippen molar-refractivity contribution in [2.75, 3.05) is 33.9 Å². The number of carbonyl (C=O) groups is 1. The molecule has 0 amide bonds. The van der Waals surface area contributed by atoms with Gasteiger partial charge in [0.05, 0.1) is 48.0 Å². The van der Waals surface area contributed by atoms with E-state index in [-0.39, 0.29) is 29.9 Å². The average Bonchev–Trinajstić information content (AvgIpc) is 3.47. The van der Waals surface area contributed by atoms with E-state index in [0.29, 0.717) is 51.8 Å². The summed E-state index contributed by atoms with van der Waals surface area (Å²) in [4.78, 5) is 30.7. The van der Waals surface area contributed by atoms with Crippen molar-refractivity contribution in [1.29, 1.82) is 0 Å². The second-order valence-corrected chi connectivity index (χ2v) is 13.4. The third kappa shape index (κ3) is 5.68. The Morgan fingerprint density at radius 1 is 0.936 bits per heavy atom. The van der Waals surface area contributed by atoms with Gasteiger partial charge in [0.2, 0.25) is 11.8 Å². The van der Waals surface area contributed by atoms with E-state index in [0.717, 1.165) is 53.9 Å². The number of ketones is 1. The molecule has 7 rings (SSSR count). The lowest BCUT2D eigenvalue weighted by molar-refractivity contribution is -0.127. The van der Waals surface area contributed by atoms with Gasteiger partial charge in [-0.2, -0.15) is 0 Å². The summed E-state index contributed by atoms with van der Waals surface area (Å²) in [6, 6.07) is 14.0. The van der Waals surface area contributed by atoms with E-state index in [1.807, 2.05) is 43.3 Å². The van der Waals surface area contributed by atoms with Gasteiger partial charge >= 0.3 is 0 Å². The Morgan fingerprint density at radius 3 is 2.15 bits per heavy atom. The molecule has 3 atom stereocenters. The minimum absolute atomic E-state index is 0.0601. The van der Waals surface area contributed by atoms with Crippen LogP contribution in [0.3, 0.4) is 0 Å². The number of aliphatic hydroxyl groups is 1. The van der Waals surface area contributed by atoms with Crippen LogP contribution >= 0.6 is 23.2 Å². The third-order valence-corrected chi connectivity index (χ3v) is 10.8. The van der Waals surface area contributed by atoms with E-state index in [2.05, 4.69) is 20.9 Å². The number of aliphatic hydroxyl groups excluding tert-OH is 1. The molecule has 0 spiro atoms. The maximum Gasteiger partial charge on any atom is 0.237 e. The summed E-state index contributed by atoms with van der Waals surface area (Å²) in [6.45, 7) is 6.35. The first-order chi connectivity index (χ1) is 22.7. The van der Waals surface area contributed by atoms with E-state index >= 15 is 0 Å². The smallest absolute Gasteiger partial charge is 0.237 e. The van der Waals surface area contributed by atoms with E-state index in [9.17, 15) is 9.90 Å². The number of hydrogen-bond acceptors (Lipinski definition) is 9. The number of likely N-dealkylation sites (tertiary alicyclic amines) is 2. The molecule has 11 heteroatoms. The molecule has 47 heavy (non-hydrogen) atoms. The predicted molar refractivity (Wildman–Crippen MR) is 182 cm³/mol. The van der Waals surface area contributed by atoms with Crippen LogP contribution in [-0.4, -0.2) is 81.6 Å². The molecule has 4 heterocycles. The quantitative estimate of drug-likeness (QED) is 0.220. The van der Waals surface area contributed by atoms with Gasteiger partial charge in [-0.3, -0.25) is 19.6 Å². The summed E-state index contributed by atoms with van der Waals surface area (Å²) < 4.78 is 11.5. The van der Waals surface area contributed by atoms with Gasteiger partial charge in [0.1, 0.15) is 11.5 Å². The lowest BCUT2D eigenvalue weighted by Crippen LogP contribution is -2.57. The number of ether oxygens (including phenoxy) is 2. The lowest BCUT2D eigenvalue weighted by Gasteiger charge is -2.43. The number of pyridine rings is 1. The SMILES string of the molecule is COc1nc(-c2cccc(-c3cccc(-c4cc5c(c(OC)n4)[C@@H](N4CC(C(C)=O)C4)CC5)c3Cl)c2Cl)cnc1CN1C[C@@H](O)[C@@H]1C. The number of hydrogen-bond donors (Lipinski definition) is 1. The number of aryl methyl sites for hydroxylation is 1. The number of Topliss-reactive ketones (excluding diaryl/α,β-unsaturated/α-hetero) is 1. The Kier molecular flexibility index (Phi) is 8.70. The summed E-state index contributed by atoms with van der Waals surface area (Å²) in [5.41, 5.74) is 7.35.